The van der Waals surface area contributed by atoms with E-state index in [-0.39, 0.29) is 17.0 Å². The zero-order valence-corrected chi connectivity index (χ0v) is 12.7. The normalized spacial score (nSPS) is 11.4. The van der Waals surface area contributed by atoms with Gasteiger partial charge in [0.15, 0.2) is 5.16 Å². The van der Waals surface area contributed by atoms with Crippen LogP contribution in [0, 0.1) is 5.82 Å². The van der Waals surface area contributed by atoms with Crippen molar-refractivity contribution in [3.63, 3.8) is 0 Å². The number of nitrogens with one attached hydrogen (secondary N) is 2. The zero-order valence-electron chi connectivity index (χ0n) is 11.1. The number of aromatic nitrogens is 3. The van der Waals surface area contributed by atoms with Crippen LogP contribution in [0.15, 0.2) is 34.6 Å². The maximum absolute atomic E-state index is 13.6. The molecule has 0 atom stereocenters. The molecule has 1 aromatic heterocycles. The lowest BCUT2D eigenvalue weighted by Crippen LogP contribution is -2.27. The first-order valence-electron chi connectivity index (χ1n) is 5.96. The second-order valence-electron chi connectivity index (χ2n) is 4.08. The molecule has 0 unspecified atom stereocenters. The quantitative estimate of drug-likeness (QED) is 0.503. The molecule has 0 bridgehead atoms. The summed E-state index contributed by atoms with van der Waals surface area (Å²) in [5, 5.41) is 14.3. The van der Waals surface area contributed by atoms with Crippen molar-refractivity contribution in [2.45, 2.75) is 10.1 Å². The molecule has 1 aromatic carbocycles. The van der Waals surface area contributed by atoms with Crippen molar-refractivity contribution in [2.24, 2.45) is 5.14 Å². The largest absolute Gasteiger partial charge is 0.351 e. The van der Waals surface area contributed by atoms with Gasteiger partial charge in [0.1, 0.15) is 12.1 Å². The number of aromatic amines is 1. The first kappa shape index (κ1) is 16.4. The van der Waals surface area contributed by atoms with Gasteiger partial charge < -0.3 is 5.32 Å². The summed E-state index contributed by atoms with van der Waals surface area (Å²) in [5.74, 6) is -1.06. The predicted octanol–water partition coefficient (Wildman–Crippen LogP) is 0.113. The minimum absolute atomic E-state index is 0.239. The second kappa shape index (κ2) is 6.85. The monoisotopic (exact) mass is 345 g/mol. The van der Waals surface area contributed by atoms with E-state index in [2.05, 4.69) is 20.5 Å². The topological polar surface area (TPSA) is 131 Å². The van der Waals surface area contributed by atoms with Crippen LogP contribution in [0.5, 0.6) is 0 Å². The van der Waals surface area contributed by atoms with Crippen LogP contribution in [-0.2, 0) is 10.0 Å². The third kappa shape index (κ3) is 4.26. The fourth-order valence-electron chi connectivity index (χ4n) is 1.53. The number of hydrogen-bond acceptors (Lipinski definition) is 6. The van der Waals surface area contributed by atoms with E-state index in [1.54, 1.807) is 0 Å². The number of rotatable bonds is 6. The summed E-state index contributed by atoms with van der Waals surface area (Å²) in [7, 11) is -4.00. The van der Waals surface area contributed by atoms with Gasteiger partial charge in [0.2, 0.25) is 10.0 Å². The lowest BCUT2D eigenvalue weighted by molar-refractivity contribution is 0.0952. The molecule has 8 nitrogen and oxygen atoms in total. The first-order chi connectivity index (χ1) is 10.4. The van der Waals surface area contributed by atoms with Gasteiger partial charge in [0, 0.05) is 12.3 Å². The highest BCUT2D eigenvalue weighted by atomic mass is 32.2. The molecule has 0 saturated carbocycles. The third-order valence-electron chi connectivity index (χ3n) is 2.53. The Labute approximate surface area is 129 Å². The standard InChI is InChI=1S/C11H12FN5O3S2/c12-9-2-1-7(22(13,19)20)5-8(9)10(18)14-3-4-21-11-15-6-16-17-11/h1-2,5-6H,3-4H2,(H,14,18)(H2,13,19,20)(H,15,16,17). The number of primary sulfonamides is 1. The van der Waals surface area contributed by atoms with Crippen molar-refractivity contribution in [3.8, 4) is 0 Å². The Bertz CT molecular complexity index is 764. The van der Waals surface area contributed by atoms with E-state index in [9.17, 15) is 17.6 Å². The van der Waals surface area contributed by atoms with Crippen LogP contribution in [0.1, 0.15) is 10.4 Å². The molecule has 2 aromatic rings. The van der Waals surface area contributed by atoms with Crippen molar-refractivity contribution in [1.29, 1.82) is 0 Å². The fourth-order valence-corrected chi connectivity index (χ4v) is 2.70. The SMILES string of the molecule is NS(=O)(=O)c1ccc(F)c(C(=O)NCCSc2ncn[nH]2)c1. The summed E-state index contributed by atoms with van der Waals surface area (Å²) in [6.07, 6.45) is 1.36. The molecule has 0 aliphatic rings. The Morgan fingerprint density at radius 3 is 2.86 bits per heavy atom. The number of nitrogens with zero attached hydrogens (tertiary/aromatic N) is 2. The summed E-state index contributed by atoms with van der Waals surface area (Å²) in [4.78, 5) is 15.4. The Balaban J connectivity index is 1.97. The van der Waals surface area contributed by atoms with Crippen LogP contribution in [0.3, 0.4) is 0 Å². The highest BCUT2D eigenvalue weighted by molar-refractivity contribution is 7.99. The minimum Gasteiger partial charge on any atom is -0.351 e. The summed E-state index contributed by atoms with van der Waals surface area (Å²) in [5.41, 5.74) is -0.379. The second-order valence-corrected chi connectivity index (χ2v) is 6.73. The molecule has 0 aliphatic heterocycles. The Hall–Kier alpha value is -1.98. The summed E-state index contributed by atoms with van der Waals surface area (Å²) in [6, 6.07) is 2.79. The van der Waals surface area contributed by atoms with E-state index < -0.39 is 21.7 Å². The number of sulfonamides is 1. The highest BCUT2D eigenvalue weighted by Gasteiger charge is 2.16. The molecule has 4 N–H and O–H groups in total. The van der Waals surface area contributed by atoms with Crippen molar-refractivity contribution >= 4 is 27.7 Å². The van der Waals surface area contributed by atoms with Gasteiger partial charge in [-0.3, -0.25) is 9.89 Å². The number of carbonyl (C=O) groups excluding carboxylic acids is 1. The average molecular weight is 345 g/mol. The van der Waals surface area contributed by atoms with Crippen LogP contribution >= 0.6 is 11.8 Å². The fraction of sp³-hybridized carbons (Fsp3) is 0.182. The summed E-state index contributed by atoms with van der Waals surface area (Å²) >= 11 is 1.32. The number of hydrogen-bond donors (Lipinski definition) is 3. The van der Waals surface area contributed by atoms with E-state index in [4.69, 9.17) is 5.14 Å². The number of H-pyrrole nitrogens is 1. The van der Waals surface area contributed by atoms with Gasteiger partial charge in [-0.2, -0.15) is 5.10 Å². The lowest BCUT2D eigenvalue weighted by atomic mass is 10.2. The van der Waals surface area contributed by atoms with E-state index in [0.29, 0.717) is 10.9 Å². The number of amides is 1. The Morgan fingerprint density at radius 1 is 1.45 bits per heavy atom. The predicted molar refractivity (Wildman–Crippen MR) is 77.2 cm³/mol. The van der Waals surface area contributed by atoms with Gasteiger partial charge in [-0.25, -0.2) is 22.9 Å². The molecule has 11 heteroatoms. The number of halogens is 1. The molecule has 118 valence electrons. The summed E-state index contributed by atoms with van der Waals surface area (Å²) in [6.45, 7) is 0.239. The van der Waals surface area contributed by atoms with Crippen LogP contribution in [0.4, 0.5) is 4.39 Å². The molecule has 0 fully saturated rings. The Kier molecular flexibility index (Phi) is 5.11. The smallest absolute Gasteiger partial charge is 0.254 e. The molecule has 0 spiro atoms. The maximum Gasteiger partial charge on any atom is 0.254 e. The Morgan fingerprint density at radius 2 is 2.23 bits per heavy atom. The molecular weight excluding hydrogens is 333 g/mol. The van der Waals surface area contributed by atoms with Crippen molar-refractivity contribution in [1.82, 2.24) is 20.5 Å². The number of carbonyl (C=O) groups is 1. The van der Waals surface area contributed by atoms with E-state index in [0.717, 1.165) is 18.2 Å². The lowest BCUT2D eigenvalue weighted by Gasteiger charge is -2.07. The first-order valence-corrected chi connectivity index (χ1v) is 8.50. The summed E-state index contributed by atoms with van der Waals surface area (Å²) < 4.78 is 36.0. The maximum atomic E-state index is 13.6. The number of thioether (sulfide) groups is 1. The molecule has 0 saturated heterocycles. The molecule has 0 radical (unpaired) electrons. The molecule has 1 amide bonds. The van der Waals surface area contributed by atoms with E-state index in [1.165, 1.54) is 18.1 Å². The van der Waals surface area contributed by atoms with Gasteiger partial charge in [0.25, 0.3) is 5.91 Å². The molecular formula is C11H12FN5O3S2. The highest BCUT2D eigenvalue weighted by Crippen LogP contribution is 2.14. The third-order valence-corrected chi connectivity index (χ3v) is 4.32. The van der Waals surface area contributed by atoms with Crippen molar-refractivity contribution in [3.05, 3.63) is 35.9 Å². The van der Waals surface area contributed by atoms with Crippen LogP contribution < -0.4 is 10.5 Å². The molecule has 2 rings (SSSR count). The number of benzene rings is 1. The van der Waals surface area contributed by atoms with Gasteiger partial charge in [-0.15, -0.1) is 0 Å². The molecule has 22 heavy (non-hydrogen) atoms. The minimum atomic E-state index is -4.00. The molecule has 1 heterocycles. The van der Waals surface area contributed by atoms with Crippen molar-refractivity contribution in [2.75, 3.05) is 12.3 Å². The van der Waals surface area contributed by atoms with Crippen LogP contribution in [0.2, 0.25) is 0 Å². The van der Waals surface area contributed by atoms with Crippen LogP contribution in [-0.4, -0.2) is 41.8 Å². The van der Waals surface area contributed by atoms with E-state index in [1.807, 2.05) is 0 Å². The van der Waals surface area contributed by atoms with Gasteiger partial charge in [0.05, 0.1) is 10.5 Å². The molecule has 0 aliphatic carbocycles. The van der Waals surface area contributed by atoms with Gasteiger partial charge in [-0.05, 0) is 18.2 Å². The number of nitrogens with two attached hydrogens (primary N) is 1. The van der Waals surface area contributed by atoms with Crippen molar-refractivity contribution < 1.29 is 17.6 Å². The average Bonchev–Trinajstić information content (AvgIpc) is 2.95. The van der Waals surface area contributed by atoms with Gasteiger partial charge in [-0.1, -0.05) is 11.8 Å². The van der Waals surface area contributed by atoms with Crippen LogP contribution in [0.25, 0.3) is 0 Å². The van der Waals surface area contributed by atoms with Gasteiger partial charge >= 0.3 is 0 Å². The zero-order chi connectivity index (χ0) is 16.2. The van der Waals surface area contributed by atoms with E-state index >= 15 is 0 Å².